The molecule has 0 fully saturated rings. The van der Waals surface area contributed by atoms with Crippen molar-refractivity contribution in [2.75, 3.05) is 0 Å². The van der Waals surface area contributed by atoms with Crippen LogP contribution in [0.15, 0.2) is 0 Å². The van der Waals surface area contributed by atoms with Gasteiger partial charge in [0.25, 0.3) is 0 Å². The van der Waals surface area contributed by atoms with Crippen LogP contribution in [0.25, 0.3) is 0 Å². The maximum Gasteiger partial charge on any atom is 1.00 e. The number of hydrogen-bond acceptors (Lipinski definition) is 0. The van der Waals surface area contributed by atoms with Gasteiger partial charge in [0, 0.05) is 0 Å². The molecular formula is C6H18NaPSi2. The Kier molecular flexibility index (Phi) is 6.89. The fraction of sp³-hybridized carbons (Fsp3) is 1.00. The van der Waals surface area contributed by atoms with E-state index in [0.29, 0.717) is 0 Å². The summed E-state index contributed by atoms with van der Waals surface area (Å²) in [6, 6.07) is 0. The molecule has 56 valence electrons. The first-order valence-corrected chi connectivity index (χ1v) is 13.0. The largest absolute Gasteiger partial charge is 1.00 e. The van der Waals surface area contributed by atoms with Crippen molar-refractivity contribution in [1.29, 1.82) is 0 Å². The van der Waals surface area contributed by atoms with Gasteiger partial charge in [0.15, 0.2) is 0 Å². The van der Waals surface area contributed by atoms with E-state index < -0.39 is 15.5 Å². The Hall–Kier alpha value is 1.86. The van der Waals surface area contributed by atoms with Crippen molar-refractivity contribution in [3.63, 3.8) is 0 Å². The standard InChI is InChI=1S/C6H18PSi2.Na/c1-8(2,3)7-9(4,5)6;/h1-6H3;/q-1;+1. The monoisotopic (exact) mass is 200 g/mol. The van der Waals surface area contributed by atoms with Crippen LogP contribution in [0.5, 0.6) is 0 Å². The molecule has 0 aromatic rings. The molecule has 0 aliphatic rings. The molecule has 0 amide bonds. The first-order valence-electron chi connectivity index (χ1n) is 3.45. The van der Waals surface area contributed by atoms with Crippen LogP contribution in [-0.4, -0.2) is 15.5 Å². The van der Waals surface area contributed by atoms with Crippen LogP contribution in [0.4, 0.5) is 0 Å². The van der Waals surface area contributed by atoms with E-state index in [1.54, 1.807) is 0 Å². The summed E-state index contributed by atoms with van der Waals surface area (Å²) >= 11 is 0. The summed E-state index contributed by atoms with van der Waals surface area (Å²) in [5.74, 6) is 0. The molecule has 0 aromatic carbocycles. The number of rotatable bonds is 2. The summed E-state index contributed by atoms with van der Waals surface area (Å²) in [6.07, 6.45) is 0. The molecule has 0 bridgehead atoms. The zero-order valence-electron chi connectivity index (χ0n) is 8.45. The second-order valence-electron chi connectivity index (χ2n) is 4.45. The Bertz CT molecular complexity index is 80.9. The predicted molar refractivity (Wildman–Crippen MR) is 53.6 cm³/mol. The Morgan fingerprint density at radius 2 is 0.900 bits per heavy atom. The molecule has 0 aliphatic heterocycles. The van der Waals surface area contributed by atoms with Crippen LogP contribution in [0.2, 0.25) is 39.3 Å². The van der Waals surface area contributed by atoms with Crippen LogP contribution in [0.1, 0.15) is 0 Å². The Labute approximate surface area is 91.4 Å². The van der Waals surface area contributed by atoms with Crippen molar-refractivity contribution in [3.8, 4) is 0 Å². The van der Waals surface area contributed by atoms with E-state index in [0.717, 1.165) is 0 Å². The Morgan fingerprint density at radius 1 is 0.700 bits per heavy atom. The summed E-state index contributed by atoms with van der Waals surface area (Å²) in [6.45, 7) is 14.7. The third-order valence-corrected chi connectivity index (χ3v) is 18.1. The first-order chi connectivity index (χ1) is 3.71. The van der Waals surface area contributed by atoms with E-state index >= 15 is 0 Å². The van der Waals surface area contributed by atoms with Crippen molar-refractivity contribution in [1.82, 2.24) is 0 Å². The fourth-order valence-electron chi connectivity index (χ4n) is 1.01. The minimum Gasteiger partial charge on any atom is -0.542 e. The minimum absolute atomic E-state index is 0. The summed E-state index contributed by atoms with van der Waals surface area (Å²) in [5.41, 5.74) is 0. The van der Waals surface area contributed by atoms with Crippen LogP contribution < -0.4 is 29.6 Å². The van der Waals surface area contributed by atoms with E-state index in [1.807, 2.05) is 7.68 Å². The molecular weight excluding hydrogens is 182 g/mol. The quantitative estimate of drug-likeness (QED) is 0.452. The van der Waals surface area contributed by atoms with Crippen molar-refractivity contribution < 1.29 is 29.6 Å². The molecule has 0 N–H and O–H groups in total. The van der Waals surface area contributed by atoms with Gasteiger partial charge in [-0.3, -0.25) is 0 Å². The Morgan fingerprint density at radius 3 is 0.900 bits per heavy atom. The summed E-state index contributed by atoms with van der Waals surface area (Å²) in [4.78, 5) is 0. The summed E-state index contributed by atoms with van der Waals surface area (Å²) in [5, 5.41) is 0. The SMILES string of the molecule is C[Si](C)(C)[P-][Si](C)(C)C.[Na+]. The van der Waals surface area contributed by atoms with Crippen LogP contribution in [-0.2, 0) is 0 Å². The molecule has 0 nitrogen and oxygen atoms in total. The van der Waals surface area contributed by atoms with Crippen molar-refractivity contribution in [2.24, 2.45) is 0 Å². The van der Waals surface area contributed by atoms with Gasteiger partial charge in [0.05, 0.1) is 0 Å². The van der Waals surface area contributed by atoms with Crippen LogP contribution >= 0.6 is 7.68 Å². The van der Waals surface area contributed by atoms with Crippen LogP contribution in [0.3, 0.4) is 0 Å². The maximum absolute atomic E-state index is 2.45. The van der Waals surface area contributed by atoms with Gasteiger partial charge in [-0.25, -0.2) is 0 Å². The average Bonchev–Trinajstić information content (AvgIpc) is 1.14. The molecule has 0 saturated carbocycles. The molecule has 0 unspecified atom stereocenters. The molecule has 0 spiro atoms. The van der Waals surface area contributed by atoms with Gasteiger partial charge in [-0.2, -0.15) is 0 Å². The second kappa shape index (κ2) is 4.78. The van der Waals surface area contributed by atoms with Gasteiger partial charge in [-0.1, -0.05) is 39.3 Å². The third-order valence-electron chi connectivity index (χ3n) is 0.671. The molecule has 0 heterocycles. The number of hydrogen-bond donors (Lipinski definition) is 0. The third kappa shape index (κ3) is 12.5. The molecule has 0 aliphatic carbocycles. The minimum atomic E-state index is -0.759. The Balaban J connectivity index is 0. The van der Waals surface area contributed by atoms with Gasteiger partial charge < -0.3 is 7.68 Å². The molecule has 0 saturated heterocycles. The zero-order valence-corrected chi connectivity index (χ0v) is 13.3. The van der Waals surface area contributed by atoms with Gasteiger partial charge >= 0.3 is 29.6 Å². The van der Waals surface area contributed by atoms with Gasteiger partial charge in [-0.15, -0.1) is 15.5 Å². The fourth-order valence-corrected chi connectivity index (χ4v) is 27.2. The molecule has 10 heavy (non-hydrogen) atoms. The predicted octanol–water partition coefficient (Wildman–Crippen LogP) is 0.606. The normalized spacial score (nSPS) is 12.6. The zero-order chi connectivity index (χ0) is 7.71. The maximum atomic E-state index is 2.45. The van der Waals surface area contributed by atoms with Crippen molar-refractivity contribution in [3.05, 3.63) is 0 Å². The summed E-state index contributed by atoms with van der Waals surface area (Å²) < 4.78 is 0. The van der Waals surface area contributed by atoms with Gasteiger partial charge in [-0.05, 0) is 0 Å². The van der Waals surface area contributed by atoms with Crippen LogP contribution in [0, 0.1) is 0 Å². The smallest absolute Gasteiger partial charge is 0.542 e. The van der Waals surface area contributed by atoms with E-state index in [2.05, 4.69) is 39.3 Å². The van der Waals surface area contributed by atoms with E-state index in [1.165, 1.54) is 0 Å². The second-order valence-corrected chi connectivity index (χ2v) is 24.1. The topological polar surface area (TPSA) is 0 Å². The average molecular weight is 200 g/mol. The molecule has 0 atom stereocenters. The van der Waals surface area contributed by atoms with E-state index in [4.69, 9.17) is 0 Å². The summed E-state index contributed by atoms with van der Waals surface area (Å²) in [7, 11) is 0.293. The molecule has 0 rings (SSSR count). The van der Waals surface area contributed by atoms with Gasteiger partial charge in [0.2, 0.25) is 0 Å². The van der Waals surface area contributed by atoms with E-state index in [-0.39, 0.29) is 29.6 Å². The molecule has 4 heteroatoms. The molecule has 0 aromatic heterocycles. The van der Waals surface area contributed by atoms with Gasteiger partial charge in [0.1, 0.15) is 0 Å². The molecule has 0 radical (unpaired) electrons. The van der Waals surface area contributed by atoms with Crippen molar-refractivity contribution in [2.45, 2.75) is 39.3 Å². The van der Waals surface area contributed by atoms with E-state index in [9.17, 15) is 0 Å². The van der Waals surface area contributed by atoms with Crippen molar-refractivity contribution >= 4 is 23.2 Å². The first kappa shape index (κ1) is 14.4.